The van der Waals surface area contributed by atoms with Crippen molar-refractivity contribution >= 4 is 5.91 Å². The van der Waals surface area contributed by atoms with Crippen LogP contribution in [-0.2, 0) is 17.8 Å². The van der Waals surface area contributed by atoms with Gasteiger partial charge < -0.3 is 15.3 Å². The first-order valence-electron chi connectivity index (χ1n) is 6.22. The molecule has 0 saturated carbocycles. The molecule has 0 aromatic heterocycles. The van der Waals surface area contributed by atoms with Crippen molar-refractivity contribution in [1.82, 2.24) is 10.2 Å². The van der Waals surface area contributed by atoms with E-state index in [1.54, 1.807) is 0 Å². The third-order valence-corrected chi connectivity index (χ3v) is 2.73. The van der Waals surface area contributed by atoms with Crippen LogP contribution in [0.1, 0.15) is 17.5 Å². The van der Waals surface area contributed by atoms with E-state index in [1.807, 2.05) is 43.3 Å². The Kier molecular flexibility index (Phi) is 6.39. The van der Waals surface area contributed by atoms with Crippen LogP contribution in [0.4, 0.5) is 0 Å². The number of aliphatic hydroxyl groups excluding tert-OH is 1. The summed E-state index contributed by atoms with van der Waals surface area (Å²) in [5, 5.41) is 11.8. The fourth-order valence-corrected chi connectivity index (χ4v) is 1.57. The molecular formula is C14H22N2O2. The maximum atomic E-state index is 11.5. The zero-order chi connectivity index (χ0) is 13.4. The van der Waals surface area contributed by atoms with Gasteiger partial charge in [0.1, 0.15) is 0 Å². The van der Waals surface area contributed by atoms with Gasteiger partial charge in [-0.05, 0) is 31.6 Å². The van der Waals surface area contributed by atoms with Crippen molar-refractivity contribution in [2.24, 2.45) is 0 Å². The highest BCUT2D eigenvalue weighted by Gasteiger charge is 2.01. The minimum Gasteiger partial charge on any atom is -0.392 e. The van der Waals surface area contributed by atoms with Gasteiger partial charge in [0.15, 0.2) is 0 Å². The van der Waals surface area contributed by atoms with Crippen molar-refractivity contribution in [3.05, 3.63) is 35.4 Å². The quantitative estimate of drug-likeness (QED) is 0.752. The molecule has 4 heteroatoms. The van der Waals surface area contributed by atoms with Gasteiger partial charge in [0.25, 0.3) is 0 Å². The van der Waals surface area contributed by atoms with Gasteiger partial charge in [-0.15, -0.1) is 0 Å². The Hall–Kier alpha value is -1.39. The normalized spacial score (nSPS) is 10.7. The van der Waals surface area contributed by atoms with E-state index in [2.05, 4.69) is 5.32 Å². The van der Waals surface area contributed by atoms with Crippen molar-refractivity contribution in [3.63, 3.8) is 0 Å². The van der Waals surface area contributed by atoms with Gasteiger partial charge in [0.05, 0.1) is 6.61 Å². The summed E-state index contributed by atoms with van der Waals surface area (Å²) in [6.07, 6.45) is 1.36. The molecule has 0 unspecified atom stereocenters. The number of benzene rings is 1. The average molecular weight is 250 g/mol. The van der Waals surface area contributed by atoms with Crippen LogP contribution in [0, 0.1) is 0 Å². The molecule has 0 heterocycles. The Morgan fingerprint density at radius 2 is 1.83 bits per heavy atom. The summed E-state index contributed by atoms with van der Waals surface area (Å²) < 4.78 is 0. The van der Waals surface area contributed by atoms with Crippen LogP contribution in [0.2, 0.25) is 0 Å². The summed E-state index contributed by atoms with van der Waals surface area (Å²) in [4.78, 5) is 13.5. The second-order valence-corrected chi connectivity index (χ2v) is 4.63. The molecule has 0 radical (unpaired) electrons. The highest BCUT2D eigenvalue weighted by Crippen LogP contribution is 2.04. The SMILES string of the molecule is CN(C)CCC(=O)NCCc1ccc(CO)cc1. The van der Waals surface area contributed by atoms with E-state index in [4.69, 9.17) is 5.11 Å². The number of amides is 1. The first-order chi connectivity index (χ1) is 8.61. The predicted molar refractivity (Wildman–Crippen MR) is 72.2 cm³/mol. The maximum Gasteiger partial charge on any atom is 0.221 e. The number of nitrogens with zero attached hydrogens (tertiary/aromatic N) is 1. The summed E-state index contributed by atoms with van der Waals surface area (Å²) in [5.41, 5.74) is 2.08. The highest BCUT2D eigenvalue weighted by molar-refractivity contribution is 5.76. The van der Waals surface area contributed by atoms with Crippen LogP contribution in [-0.4, -0.2) is 43.1 Å². The van der Waals surface area contributed by atoms with Gasteiger partial charge in [0, 0.05) is 19.5 Å². The fourth-order valence-electron chi connectivity index (χ4n) is 1.57. The van der Waals surface area contributed by atoms with Gasteiger partial charge >= 0.3 is 0 Å². The van der Waals surface area contributed by atoms with Crippen LogP contribution in [0.15, 0.2) is 24.3 Å². The van der Waals surface area contributed by atoms with Crippen LogP contribution in [0.3, 0.4) is 0 Å². The predicted octanol–water partition coefficient (Wildman–Crippen LogP) is 0.789. The molecule has 1 rings (SSSR count). The highest BCUT2D eigenvalue weighted by atomic mass is 16.3. The van der Waals surface area contributed by atoms with E-state index >= 15 is 0 Å². The fraction of sp³-hybridized carbons (Fsp3) is 0.500. The molecule has 4 nitrogen and oxygen atoms in total. The lowest BCUT2D eigenvalue weighted by molar-refractivity contribution is -0.121. The molecule has 1 amide bonds. The van der Waals surface area contributed by atoms with E-state index in [9.17, 15) is 4.79 Å². The number of hydrogen-bond donors (Lipinski definition) is 2. The van der Waals surface area contributed by atoms with Crippen molar-refractivity contribution in [2.75, 3.05) is 27.2 Å². The second kappa shape index (κ2) is 7.84. The van der Waals surface area contributed by atoms with Gasteiger partial charge in [-0.25, -0.2) is 0 Å². The lowest BCUT2D eigenvalue weighted by Gasteiger charge is -2.09. The van der Waals surface area contributed by atoms with Crippen LogP contribution in [0.5, 0.6) is 0 Å². The topological polar surface area (TPSA) is 52.6 Å². The standard InChI is InChI=1S/C14H22N2O2/c1-16(2)10-8-14(18)15-9-7-12-3-5-13(11-17)6-4-12/h3-6,17H,7-11H2,1-2H3,(H,15,18). The van der Waals surface area contributed by atoms with Gasteiger partial charge in [-0.3, -0.25) is 4.79 Å². The molecule has 0 bridgehead atoms. The van der Waals surface area contributed by atoms with E-state index in [1.165, 1.54) is 5.56 Å². The lowest BCUT2D eigenvalue weighted by atomic mass is 10.1. The molecule has 0 aliphatic heterocycles. The molecule has 0 aliphatic rings. The van der Waals surface area contributed by atoms with E-state index in [0.717, 1.165) is 18.5 Å². The monoisotopic (exact) mass is 250 g/mol. The number of hydrogen-bond acceptors (Lipinski definition) is 3. The summed E-state index contributed by atoms with van der Waals surface area (Å²) >= 11 is 0. The van der Waals surface area contributed by atoms with Crippen LogP contribution < -0.4 is 5.32 Å². The molecule has 0 spiro atoms. The Labute approximate surface area is 109 Å². The molecule has 0 saturated heterocycles. The first kappa shape index (κ1) is 14.7. The Balaban J connectivity index is 2.22. The lowest BCUT2D eigenvalue weighted by Crippen LogP contribution is -2.28. The summed E-state index contributed by atoms with van der Waals surface area (Å²) in [5.74, 6) is 0.0932. The molecule has 0 aliphatic carbocycles. The van der Waals surface area contributed by atoms with Gasteiger partial charge in [-0.2, -0.15) is 0 Å². The summed E-state index contributed by atoms with van der Waals surface area (Å²) in [7, 11) is 3.91. The smallest absolute Gasteiger partial charge is 0.221 e. The summed E-state index contributed by atoms with van der Waals surface area (Å²) in [6.45, 7) is 1.50. The Morgan fingerprint density at radius 3 is 2.39 bits per heavy atom. The minimum absolute atomic E-state index is 0.0710. The zero-order valence-corrected chi connectivity index (χ0v) is 11.1. The molecule has 18 heavy (non-hydrogen) atoms. The number of carbonyl (C=O) groups is 1. The van der Waals surface area contributed by atoms with Crippen LogP contribution in [0.25, 0.3) is 0 Å². The average Bonchev–Trinajstić information content (AvgIpc) is 2.37. The number of rotatable bonds is 7. The number of carbonyl (C=O) groups excluding carboxylic acids is 1. The largest absolute Gasteiger partial charge is 0.392 e. The summed E-state index contributed by atoms with van der Waals surface area (Å²) in [6, 6.07) is 7.78. The molecule has 0 fully saturated rings. The molecular weight excluding hydrogens is 228 g/mol. The minimum atomic E-state index is 0.0710. The molecule has 100 valence electrons. The number of nitrogens with one attached hydrogen (secondary N) is 1. The third kappa shape index (κ3) is 5.80. The molecule has 0 atom stereocenters. The third-order valence-electron chi connectivity index (χ3n) is 2.73. The van der Waals surface area contributed by atoms with Gasteiger partial charge in [-0.1, -0.05) is 24.3 Å². The van der Waals surface area contributed by atoms with E-state index < -0.39 is 0 Å². The molecule has 1 aromatic rings. The first-order valence-corrected chi connectivity index (χ1v) is 6.22. The number of aliphatic hydroxyl groups is 1. The van der Waals surface area contributed by atoms with Gasteiger partial charge in [0.2, 0.25) is 5.91 Å². The van der Waals surface area contributed by atoms with Crippen LogP contribution >= 0.6 is 0 Å². The van der Waals surface area contributed by atoms with Crippen molar-refractivity contribution in [2.45, 2.75) is 19.4 Å². The second-order valence-electron chi connectivity index (χ2n) is 4.63. The molecule has 2 N–H and O–H groups in total. The van der Waals surface area contributed by atoms with Crippen molar-refractivity contribution in [1.29, 1.82) is 0 Å². The van der Waals surface area contributed by atoms with Crippen molar-refractivity contribution < 1.29 is 9.90 Å². The zero-order valence-electron chi connectivity index (χ0n) is 11.1. The Morgan fingerprint density at radius 1 is 1.22 bits per heavy atom. The van der Waals surface area contributed by atoms with E-state index in [-0.39, 0.29) is 12.5 Å². The van der Waals surface area contributed by atoms with E-state index in [0.29, 0.717) is 13.0 Å². The maximum absolute atomic E-state index is 11.5. The Bertz CT molecular complexity index is 361. The molecule has 1 aromatic carbocycles. The van der Waals surface area contributed by atoms with Crippen molar-refractivity contribution in [3.8, 4) is 0 Å².